The van der Waals surface area contributed by atoms with E-state index in [1.54, 1.807) is 6.20 Å². The Kier molecular flexibility index (Phi) is 3.62. The Bertz CT molecular complexity index is 786. The van der Waals surface area contributed by atoms with Gasteiger partial charge < -0.3 is 5.32 Å². The summed E-state index contributed by atoms with van der Waals surface area (Å²) in [5, 5.41) is 4.28. The van der Waals surface area contributed by atoms with Crippen molar-refractivity contribution < 1.29 is 4.39 Å². The third-order valence-corrected chi connectivity index (χ3v) is 3.53. The minimum atomic E-state index is -0.328. The van der Waals surface area contributed by atoms with E-state index < -0.39 is 0 Å². The van der Waals surface area contributed by atoms with Gasteiger partial charge in [-0.15, -0.1) is 0 Å². The number of aryl methyl sites for hydroxylation is 1. The van der Waals surface area contributed by atoms with Gasteiger partial charge in [0.2, 0.25) is 0 Å². The SMILES string of the molecule is CNC(c1cncc(F)c1)c1ccc2nc(C)ccc2c1. The van der Waals surface area contributed by atoms with Crippen molar-refractivity contribution in [3.63, 3.8) is 0 Å². The Morgan fingerprint density at radius 2 is 1.90 bits per heavy atom. The zero-order chi connectivity index (χ0) is 14.8. The van der Waals surface area contributed by atoms with Gasteiger partial charge in [-0.3, -0.25) is 9.97 Å². The van der Waals surface area contributed by atoms with Gasteiger partial charge in [-0.1, -0.05) is 12.1 Å². The fraction of sp³-hybridized carbons (Fsp3) is 0.176. The molecule has 0 fully saturated rings. The van der Waals surface area contributed by atoms with Crippen molar-refractivity contribution in [3.05, 3.63) is 71.4 Å². The van der Waals surface area contributed by atoms with Gasteiger partial charge in [-0.2, -0.15) is 0 Å². The lowest BCUT2D eigenvalue weighted by Gasteiger charge is -2.17. The zero-order valence-corrected chi connectivity index (χ0v) is 12.0. The first-order valence-electron chi connectivity index (χ1n) is 6.82. The molecule has 21 heavy (non-hydrogen) atoms. The van der Waals surface area contributed by atoms with Crippen LogP contribution in [0.3, 0.4) is 0 Å². The van der Waals surface area contributed by atoms with Crippen LogP contribution in [0, 0.1) is 12.7 Å². The van der Waals surface area contributed by atoms with Gasteiger partial charge in [0.1, 0.15) is 5.82 Å². The van der Waals surface area contributed by atoms with Crippen LogP contribution in [0.2, 0.25) is 0 Å². The molecule has 0 amide bonds. The lowest BCUT2D eigenvalue weighted by molar-refractivity contribution is 0.609. The summed E-state index contributed by atoms with van der Waals surface area (Å²) < 4.78 is 13.4. The summed E-state index contributed by atoms with van der Waals surface area (Å²) in [5.74, 6) is -0.328. The molecule has 2 aromatic heterocycles. The molecule has 3 rings (SSSR count). The number of hydrogen-bond acceptors (Lipinski definition) is 3. The van der Waals surface area contributed by atoms with E-state index in [1.807, 2.05) is 32.2 Å². The van der Waals surface area contributed by atoms with E-state index in [9.17, 15) is 4.39 Å². The highest BCUT2D eigenvalue weighted by Gasteiger charge is 2.13. The predicted molar refractivity (Wildman–Crippen MR) is 81.6 cm³/mol. The third kappa shape index (κ3) is 2.76. The van der Waals surface area contributed by atoms with E-state index in [4.69, 9.17) is 0 Å². The van der Waals surface area contributed by atoms with Crippen molar-refractivity contribution >= 4 is 10.9 Å². The van der Waals surface area contributed by atoms with Gasteiger partial charge >= 0.3 is 0 Å². The summed E-state index contributed by atoms with van der Waals surface area (Å²) in [7, 11) is 1.85. The summed E-state index contributed by atoms with van der Waals surface area (Å²) in [4.78, 5) is 8.42. The van der Waals surface area contributed by atoms with Crippen LogP contribution in [0.4, 0.5) is 4.39 Å². The normalized spacial score (nSPS) is 12.5. The molecule has 0 radical (unpaired) electrons. The van der Waals surface area contributed by atoms with Crippen LogP contribution in [-0.4, -0.2) is 17.0 Å². The molecule has 1 atom stereocenters. The first-order valence-corrected chi connectivity index (χ1v) is 6.82. The average molecular weight is 281 g/mol. The number of aromatic nitrogens is 2. The van der Waals surface area contributed by atoms with Crippen molar-refractivity contribution in [3.8, 4) is 0 Å². The molecule has 0 aliphatic heterocycles. The Morgan fingerprint density at radius 3 is 2.67 bits per heavy atom. The van der Waals surface area contributed by atoms with Crippen LogP contribution in [-0.2, 0) is 0 Å². The second-order valence-corrected chi connectivity index (χ2v) is 5.06. The average Bonchev–Trinajstić information content (AvgIpc) is 2.48. The molecule has 3 aromatic rings. The molecule has 0 bridgehead atoms. The molecular formula is C17H16FN3. The third-order valence-electron chi connectivity index (χ3n) is 3.53. The topological polar surface area (TPSA) is 37.8 Å². The molecule has 0 saturated carbocycles. The quantitative estimate of drug-likeness (QED) is 0.799. The number of hydrogen-bond donors (Lipinski definition) is 1. The maximum Gasteiger partial charge on any atom is 0.141 e. The number of benzene rings is 1. The van der Waals surface area contributed by atoms with E-state index in [0.29, 0.717) is 0 Å². The van der Waals surface area contributed by atoms with Gasteiger partial charge in [0.15, 0.2) is 0 Å². The molecule has 2 heterocycles. The highest BCUT2D eigenvalue weighted by Crippen LogP contribution is 2.25. The largest absolute Gasteiger partial charge is 0.309 e. The van der Waals surface area contributed by atoms with Gasteiger partial charge in [0.05, 0.1) is 17.8 Å². The van der Waals surface area contributed by atoms with Crippen LogP contribution in [0.25, 0.3) is 10.9 Å². The van der Waals surface area contributed by atoms with Crippen molar-refractivity contribution in [1.82, 2.24) is 15.3 Å². The van der Waals surface area contributed by atoms with Crippen molar-refractivity contribution in [2.75, 3.05) is 7.05 Å². The lowest BCUT2D eigenvalue weighted by Crippen LogP contribution is -2.18. The second kappa shape index (κ2) is 5.58. The van der Waals surface area contributed by atoms with Crippen molar-refractivity contribution in [2.45, 2.75) is 13.0 Å². The number of halogens is 1. The Balaban J connectivity index is 2.06. The minimum Gasteiger partial charge on any atom is -0.309 e. The maximum absolute atomic E-state index is 13.4. The molecule has 0 saturated heterocycles. The molecule has 0 spiro atoms. The molecular weight excluding hydrogens is 265 g/mol. The Hall–Kier alpha value is -2.33. The summed E-state index contributed by atoms with van der Waals surface area (Å²) in [5.41, 5.74) is 3.82. The van der Waals surface area contributed by atoms with E-state index in [0.717, 1.165) is 27.7 Å². The molecule has 1 unspecified atom stereocenters. The van der Waals surface area contributed by atoms with Gasteiger partial charge in [0.25, 0.3) is 0 Å². The number of pyridine rings is 2. The van der Waals surface area contributed by atoms with Gasteiger partial charge in [-0.05, 0) is 49.4 Å². The Labute approximate surface area is 122 Å². The van der Waals surface area contributed by atoms with Gasteiger partial charge in [-0.25, -0.2) is 4.39 Å². The fourth-order valence-corrected chi connectivity index (χ4v) is 2.54. The van der Waals surface area contributed by atoms with E-state index in [2.05, 4.69) is 27.4 Å². The molecule has 1 N–H and O–H groups in total. The van der Waals surface area contributed by atoms with Crippen LogP contribution in [0.1, 0.15) is 22.9 Å². The summed E-state index contributed by atoms with van der Waals surface area (Å²) >= 11 is 0. The van der Waals surface area contributed by atoms with Gasteiger partial charge in [0, 0.05) is 17.3 Å². The first-order chi connectivity index (χ1) is 10.2. The fourth-order valence-electron chi connectivity index (χ4n) is 2.54. The predicted octanol–water partition coefficient (Wildman–Crippen LogP) is 3.39. The Morgan fingerprint density at radius 1 is 1.05 bits per heavy atom. The van der Waals surface area contributed by atoms with Crippen LogP contribution in [0.5, 0.6) is 0 Å². The number of rotatable bonds is 3. The molecule has 4 heteroatoms. The number of nitrogens with zero attached hydrogens (tertiary/aromatic N) is 2. The highest BCUT2D eigenvalue weighted by molar-refractivity contribution is 5.79. The lowest BCUT2D eigenvalue weighted by atomic mass is 9.98. The van der Waals surface area contributed by atoms with Crippen LogP contribution >= 0.6 is 0 Å². The molecule has 0 aliphatic carbocycles. The van der Waals surface area contributed by atoms with E-state index in [-0.39, 0.29) is 11.9 Å². The highest BCUT2D eigenvalue weighted by atomic mass is 19.1. The smallest absolute Gasteiger partial charge is 0.141 e. The minimum absolute atomic E-state index is 0.0982. The maximum atomic E-state index is 13.4. The summed E-state index contributed by atoms with van der Waals surface area (Å²) in [6.07, 6.45) is 2.89. The molecule has 0 aliphatic rings. The second-order valence-electron chi connectivity index (χ2n) is 5.06. The van der Waals surface area contributed by atoms with Crippen LogP contribution < -0.4 is 5.32 Å². The van der Waals surface area contributed by atoms with E-state index in [1.165, 1.54) is 12.3 Å². The zero-order valence-electron chi connectivity index (χ0n) is 12.0. The standard InChI is InChI=1S/C17H16FN3/c1-11-3-4-12-7-13(5-6-16(12)21-11)17(19-2)14-8-15(18)10-20-9-14/h3-10,17,19H,1-2H3. The summed E-state index contributed by atoms with van der Waals surface area (Å²) in [6, 6.07) is 11.5. The molecule has 1 aromatic carbocycles. The van der Waals surface area contributed by atoms with Crippen LogP contribution in [0.15, 0.2) is 48.8 Å². The van der Waals surface area contributed by atoms with E-state index >= 15 is 0 Å². The number of nitrogens with one attached hydrogen (secondary N) is 1. The summed E-state index contributed by atoms with van der Waals surface area (Å²) in [6.45, 7) is 1.97. The monoisotopic (exact) mass is 281 g/mol. The van der Waals surface area contributed by atoms with Crippen molar-refractivity contribution in [1.29, 1.82) is 0 Å². The number of fused-ring (bicyclic) bond motifs is 1. The van der Waals surface area contributed by atoms with Crippen molar-refractivity contribution in [2.24, 2.45) is 0 Å². The molecule has 3 nitrogen and oxygen atoms in total. The first kappa shape index (κ1) is 13.6. The molecule has 106 valence electrons.